The number of amides is 1. The third kappa shape index (κ3) is 2.91. The number of hydrogen-bond donors (Lipinski definition) is 1. The lowest BCUT2D eigenvalue weighted by Gasteiger charge is -2.05. The molecule has 8 heteroatoms. The number of methoxy groups -OCH3 is 1. The molecule has 1 amide bonds. The quantitative estimate of drug-likeness (QED) is 0.793. The standard InChI is InChI=1S/C15H15N5O3/c1-9-8-13(18-23-9)16-15(21)14-10(2)20(19-17-14)11-4-6-12(22-3)7-5-11/h4-8H,1-3H3,(H,16,18,21). The largest absolute Gasteiger partial charge is 0.497 e. The van der Waals surface area contributed by atoms with Gasteiger partial charge in [-0.3, -0.25) is 4.79 Å². The molecule has 0 saturated heterocycles. The second kappa shape index (κ2) is 5.91. The summed E-state index contributed by atoms with van der Waals surface area (Å²) in [7, 11) is 1.60. The molecular weight excluding hydrogens is 298 g/mol. The van der Waals surface area contributed by atoms with Crippen molar-refractivity contribution in [2.75, 3.05) is 12.4 Å². The molecule has 1 aromatic carbocycles. The van der Waals surface area contributed by atoms with Crippen molar-refractivity contribution in [3.05, 3.63) is 47.5 Å². The number of nitrogens with one attached hydrogen (secondary N) is 1. The summed E-state index contributed by atoms with van der Waals surface area (Å²) in [5.74, 6) is 1.30. The van der Waals surface area contributed by atoms with E-state index in [1.54, 1.807) is 31.7 Å². The Morgan fingerprint density at radius 1 is 1.26 bits per heavy atom. The molecule has 0 atom stereocenters. The fourth-order valence-electron chi connectivity index (χ4n) is 2.11. The van der Waals surface area contributed by atoms with E-state index in [1.165, 1.54) is 0 Å². The van der Waals surface area contributed by atoms with Crippen LogP contribution in [0.4, 0.5) is 5.82 Å². The van der Waals surface area contributed by atoms with Gasteiger partial charge in [-0.05, 0) is 38.1 Å². The average Bonchev–Trinajstić information content (AvgIpc) is 3.13. The van der Waals surface area contributed by atoms with Crippen LogP contribution in [0.5, 0.6) is 5.75 Å². The fourth-order valence-corrected chi connectivity index (χ4v) is 2.11. The van der Waals surface area contributed by atoms with Crippen LogP contribution in [0.3, 0.4) is 0 Å². The Kier molecular flexibility index (Phi) is 3.80. The zero-order chi connectivity index (χ0) is 16.4. The molecule has 3 rings (SSSR count). The van der Waals surface area contributed by atoms with Crippen molar-refractivity contribution in [3.63, 3.8) is 0 Å². The van der Waals surface area contributed by atoms with Crippen molar-refractivity contribution in [2.45, 2.75) is 13.8 Å². The number of aromatic nitrogens is 4. The molecule has 2 heterocycles. The highest BCUT2D eigenvalue weighted by Gasteiger charge is 2.18. The van der Waals surface area contributed by atoms with Crippen molar-refractivity contribution in [1.82, 2.24) is 20.2 Å². The van der Waals surface area contributed by atoms with E-state index in [9.17, 15) is 4.79 Å². The first-order chi connectivity index (χ1) is 11.1. The predicted molar refractivity (Wildman–Crippen MR) is 81.8 cm³/mol. The molecule has 23 heavy (non-hydrogen) atoms. The summed E-state index contributed by atoms with van der Waals surface area (Å²) >= 11 is 0. The molecule has 0 aliphatic carbocycles. The Bertz CT molecular complexity index is 835. The summed E-state index contributed by atoms with van der Waals surface area (Å²) in [4.78, 5) is 12.3. The Hall–Kier alpha value is -3.16. The van der Waals surface area contributed by atoms with Crippen molar-refractivity contribution >= 4 is 11.7 Å². The maximum absolute atomic E-state index is 12.3. The second-order valence-electron chi connectivity index (χ2n) is 4.91. The Morgan fingerprint density at radius 3 is 2.61 bits per heavy atom. The normalized spacial score (nSPS) is 10.6. The highest BCUT2D eigenvalue weighted by Crippen LogP contribution is 2.17. The topological polar surface area (TPSA) is 95.1 Å². The van der Waals surface area contributed by atoms with Gasteiger partial charge < -0.3 is 14.6 Å². The van der Waals surface area contributed by atoms with Crippen LogP contribution in [-0.2, 0) is 0 Å². The summed E-state index contributed by atoms with van der Waals surface area (Å²) in [6.07, 6.45) is 0. The number of anilines is 1. The lowest BCUT2D eigenvalue weighted by Crippen LogP contribution is -2.14. The van der Waals surface area contributed by atoms with E-state index in [-0.39, 0.29) is 5.69 Å². The van der Waals surface area contributed by atoms with E-state index in [2.05, 4.69) is 20.8 Å². The summed E-state index contributed by atoms with van der Waals surface area (Å²) < 4.78 is 11.6. The van der Waals surface area contributed by atoms with Gasteiger partial charge >= 0.3 is 0 Å². The van der Waals surface area contributed by atoms with Crippen molar-refractivity contribution in [2.24, 2.45) is 0 Å². The van der Waals surface area contributed by atoms with Gasteiger partial charge in [-0.1, -0.05) is 10.4 Å². The number of carbonyl (C=O) groups is 1. The lowest BCUT2D eigenvalue weighted by molar-refractivity contribution is 0.102. The zero-order valence-corrected chi connectivity index (χ0v) is 12.9. The molecule has 0 fully saturated rings. The molecule has 118 valence electrons. The van der Waals surface area contributed by atoms with Gasteiger partial charge in [-0.2, -0.15) is 0 Å². The number of ether oxygens (including phenoxy) is 1. The van der Waals surface area contributed by atoms with Gasteiger partial charge in [-0.15, -0.1) is 5.10 Å². The Balaban J connectivity index is 1.84. The minimum Gasteiger partial charge on any atom is -0.497 e. The van der Waals surface area contributed by atoms with E-state index in [0.717, 1.165) is 11.4 Å². The van der Waals surface area contributed by atoms with Gasteiger partial charge in [0.1, 0.15) is 11.5 Å². The van der Waals surface area contributed by atoms with E-state index < -0.39 is 5.91 Å². The molecular formula is C15H15N5O3. The van der Waals surface area contributed by atoms with Crippen LogP contribution in [0.25, 0.3) is 5.69 Å². The molecule has 3 aromatic rings. The summed E-state index contributed by atoms with van der Waals surface area (Å²) in [6.45, 7) is 3.51. The maximum Gasteiger partial charge on any atom is 0.279 e. The van der Waals surface area contributed by atoms with Crippen LogP contribution in [0.2, 0.25) is 0 Å². The van der Waals surface area contributed by atoms with Gasteiger partial charge in [0.25, 0.3) is 5.91 Å². The van der Waals surface area contributed by atoms with E-state index in [1.807, 2.05) is 24.3 Å². The molecule has 8 nitrogen and oxygen atoms in total. The maximum atomic E-state index is 12.3. The molecule has 0 bridgehead atoms. The molecule has 0 aliphatic rings. The monoisotopic (exact) mass is 313 g/mol. The smallest absolute Gasteiger partial charge is 0.279 e. The highest BCUT2D eigenvalue weighted by atomic mass is 16.5. The summed E-state index contributed by atoms with van der Waals surface area (Å²) in [5, 5.41) is 14.3. The SMILES string of the molecule is COc1ccc(-n2nnc(C(=O)Nc3cc(C)on3)c2C)cc1. The molecule has 0 unspecified atom stereocenters. The minimum absolute atomic E-state index is 0.224. The van der Waals surface area contributed by atoms with Gasteiger partial charge in [0.15, 0.2) is 11.5 Å². The van der Waals surface area contributed by atoms with Gasteiger partial charge in [0.2, 0.25) is 0 Å². The highest BCUT2D eigenvalue weighted by molar-refractivity contribution is 6.03. The van der Waals surface area contributed by atoms with Crippen molar-refractivity contribution < 1.29 is 14.1 Å². The lowest BCUT2D eigenvalue weighted by atomic mass is 10.2. The molecule has 0 spiro atoms. The third-order valence-corrected chi connectivity index (χ3v) is 3.30. The van der Waals surface area contributed by atoms with Crippen LogP contribution in [0, 0.1) is 13.8 Å². The summed E-state index contributed by atoms with van der Waals surface area (Å²) in [5.41, 5.74) is 1.63. The van der Waals surface area contributed by atoms with Crippen LogP contribution < -0.4 is 10.1 Å². The molecule has 0 aliphatic heterocycles. The van der Waals surface area contributed by atoms with Crippen LogP contribution >= 0.6 is 0 Å². The molecule has 0 radical (unpaired) electrons. The minimum atomic E-state index is -0.393. The Labute approximate surface area is 132 Å². The number of hydrogen-bond acceptors (Lipinski definition) is 6. The van der Waals surface area contributed by atoms with Crippen molar-refractivity contribution in [1.29, 1.82) is 0 Å². The zero-order valence-electron chi connectivity index (χ0n) is 12.9. The number of carbonyl (C=O) groups excluding carboxylic acids is 1. The van der Waals surface area contributed by atoms with E-state index >= 15 is 0 Å². The fraction of sp³-hybridized carbons (Fsp3) is 0.200. The average molecular weight is 313 g/mol. The Morgan fingerprint density at radius 2 is 2.00 bits per heavy atom. The van der Waals surface area contributed by atoms with Crippen molar-refractivity contribution in [3.8, 4) is 11.4 Å². The number of nitrogens with zero attached hydrogens (tertiary/aromatic N) is 4. The summed E-state index contributed by atoms with van der Waals surface area (Å²) in [6, 6.07) is 8.93. The van der Waals surface area contributed by atoms with E-state index in [4.69, 9.17) is 9.26 Å². The van der Waals surface area contributed by atoms with E-state index in [0.29, 0.717) is 17.3 Å². The third-order valence-electron chi connectivity index (χ3n) is 3.30. The van der Waals surface area contributed by atoms with Gasteiger partial charge in [0, 0.05) is 6.07 Å². The first kappa shape index (κ1) is 14.8. The molecule has 2 aromatic heterocycles. The van der Waals surface area contributed by atoms with Crippen LogP contribution in [-0.4, -0.2) is 33.2 Å². The predicted octanol–water partition coefficient (Wildman–Crippen LogP) is 2.13. The molecule has 0 saturated carbocycles. The molecule has 1 N–H and O–H groups in total. The van der Waals surface area contributed by atoms with Gasteiger partial charge in [-0.25, -0.2) is 4.68 Å². The second-order valence-corrected chi connectivity index (χ2v) is 4.91. The van der Waals surface area contributed by atoms with Gasteiger partial charge in [0.05, 0.1) is 18.5 Å². The number of aryl methyl sites for hydroxylation is 1. The van der Waals surface area contributed by atoms with Crippen LogP contribution in [0.15, 0.2) is 34.9 Å². The number of benzene rings is 1. The van der Waals surface area contributed by atoms with Crippen LogP contribution in [0.1, 0.15) is 21.9 Å². The first-order valence-electron chi connectivity index (χ1n) is 6.90. The first-order valence-corrected chi connectivity index (χ1v) is 6.90. The number of rotatable bonds is 4.